The number of amides is 2. The standard InChI is InChI=1S/C10H21N3O3/c1-6(2)7(11)8(14)12-13-9(15)16-10(3,4)5/h6-7H,11H2,1-5H3,(H,12,14)(H,13,15). The van der Waals surface area contributed by atoms with Crippen LogP contribution < -0.4 is 16.6 Å². The maximum atomic E-state index is 11.3. The summed E-state index contributed by atoms with van der Waals surface area (Å²) in [5, 5.41) is 0. The van der Waals surface area contributed by atoms with Gasteiger partial charge in [-0.05, 0) is 26.7 Å². The molecule has 0 bridgehead atoms. The number of hydrazine groups is 1. The highest BCUT2D eigenvalue weighted by molar-refractivity contribution is 5.83. The van der Waals surface area contributed by atoms with E-state index in [-0.39, 0.29) is 5.92 Å². The molecule has 0 aromatic rings. The van der Waals surface area contributed by atoms with Crippen molar-refractivity contribution in [3.05, 3.63) is 0 Å². The maximum absolute atomic E-state index is 11.3. The first-order valence-electron chi connectivity index (χ1n) is 5.18. The summed E-state index contributed by atoms with van der Waals surface area (Å²) in [7, 11) is 0. The van der Waals surface area contributed by atoms with Crippen LogP contribution in [0.2, 0.25) is 0 Å². The molecule has 0 rings (SSSR count). The quantitative estimate of drug-likeness (QED) is 0.604. The first kappa shape index (κ1) is 14.7. The van der Waals surface area contributed by atoms with Crippen LogP contribution in [0.1, 0.15) is 34.6 Å². The van der Waals surface area contributed by atoms with Crippen molar-refractivity contribution >= 4 is 12.0 Å². The lowest BCUT2D eigenvalue weighted by Gasteiger charge is -2.21. The van der Waals surface area contributed by atoms with E-state index in [9.17, 15) is 9.59 Å². The monoisotopic (exact) mass is 231 g/mol. The van der Waals surface area contributed by atoms with E-state index in [2.05, 4.69) is 10.9 Å². The first-order valence-corrected chi connectivity index (χ1v) is 5.18. The Morgan fingerprint density at radius 1 is 1.19 bits per heavy atom. The number of nitrogens with two attached hydrogens (primary N) is 1. The van der Waals surface area contributed by atoms with Crippen LogP contribution in [-0.2, 0) is 9.53 Å². The van der Waals surface area contributed by atoms with Gasteiger partial charge in [-0.15, -0.1) is 0 Å². The van der Waals surface area contributed by atoms with Gasteiger partial charge < -0.3 is 10.5 Å². The highest BCUT2D eigenvalue weighted by Gasteiger charge is 2.19. The Bertz CT molecular complexity index is 259. The molecule has 2 amide bonds. The zero-order valence-electron chi connectivity index (χ0n) is 10.5. The second-order valence-corrected chi connectivity index (χ2v) is 4.89. The van der Waals surface area contributed by atoms with Gasteiger partial charge in [-0.1, -0.05) is 13.8 Å². The molecule has 0 saturated carbocycles. The van der Waals surface area contributed by atoms with E-state index in [0.717, 1.165) is 0 Å². The van der Waals surface area contributed by atoms with E-state index in [1.165, 1.54) is 0 Å². The Kier molecular flexibility index (Phi) is 5.23. The lowest BCUT2D eigenvalue weighted by molar-refractivity contribution is -0.124. The Balaban J connectivity index is 3.98. The molecule has 6 heteroatoms. The molecule has 0 aliphatic heterocycles. The van der Waals surface area contributed by atoms with Gasteiger partial charge in [0.05, 0.1) is 6.04 Å². The number of rotatable bonds is 2. The Hall–Kier alpha value is -1.30. The molecule has 6 nitrogen and oxygen atoms in total. The van der Waals surface area contributed by atoms with Crippen LogP contribution in [-0.4, -0.2) is 23.6 Å². The van der Waals surface area contributed by atoms with Crippen LogP contribution in [0, 0.1) is 5.92 Å². The van der Waals surface area contributed by atoms with Gasteiger partial charge in [0.2, 0.25) is 0 Å². The normalized spacial score (nSPS) is 13.2. The van der Waals surface area contributed by atoms with Crippen LogP contribution in [0.15, 0.2) is 0 Å². The molecule has 0 fully saturated rings. The number of hydrogen-bond acceptors (Lipinski definition) is 4. The maximum Gasteiger partial charge on any atom is 0.426 e. The Morgan fingerprint density at radius 3 is 2.06 bits per heavy atom. The predicted octanol–water partition coefficient (Wildman–Crippen LogP) is 0.526. The van der Waals surface area contributed by atoms with Gasteiger partial charge in [0.25, 0.3) is 5.91 Å². The number of hydrogen-bond donors (Lipinski definition) is 3. The Labute approximate surface area is 95.9 Å². The topological polar surface area (TPSA) is 93.5 Å². The summed E-state index contributed by atoms with van der Waals surface area (Å²) in [6, 6.07) is -0.657. The lowest BCUT2D eigenvalue weighted by Crippen LogP contribution is -2.52. The third kappa shape index (κ3) is 6.23. The molecule has 1 atom stereocenters. The van der Waals surface area contributed by atoms with Crippen LogP contribution in [0.25, 0.3) is 0 Å². The zero-order valence-corrected chi connectivity index (χ0v) is 10.5. The van der Waals surface area contributed by atoms with Crippen molar-refractivity contribution in [3.63, 3.8) is 0 Å². The molecule has 4 N–H and O–H groups in total. The van der Waals surface area contributed by atoms with Crippen LogP contribution >= 0.6 is 0 Å². The number of nitrogens with one attached hydrogen (secondary N) is 2. The summed E-state index contributed by atoms with van der Waals surface area (Å²) in [5.41, 5.74) is 9.30. The molecule has 0 aliphatic carbocycles. The zero-order chi connectivity index (χ0) is 12.9. The van der Waals surface area contributed by atoms with Gasteiger partial charge in [0.1, 0.15) is 5.60 Å². The fourth-order valence-corrected chi connectivity index (χ4v) is 0.802. The molecule has 0 spiro atoms. The average Bonchev–Trinajstić information content (AvgIpc) is 2.09. The molecule has 0 heterocycles. The number of ether oxygens (including phenoxy) is 1. The van der Waals surface area contributed by atoms with Crippen molar-refractivity contribution in [2.45, 2.75) is 46.3 Å². The van der Waals surface area contributed by atoms with Gasteiger partial charge >= 0.3 is 6.09 Å². The van der Waals surface area contributed by atoms with Gasteiger partial charge in [-0.25, -0.2) is 10.2 Å². The van der Waals surface area contributed by atoms with Crippen LogP contribution in [0.4, 0.5) is 4.79 Å². The third-order valence-electron chi connectivity index (χ3n) is 1.71. The van der Waals surface area contributed by atoms with Crippen molar-refractivity contribution in [1.82, 2.24) is 10.9 Å². The van der Waals surface area contributed by atoms with E-state index >= 15 is 0 Å². The number of carbonyl (C=O) groups excluding carboxylic acids is 2. The molecule has 0 saturated heterocycles. The summed E-state index contributed by atoms with van der Waals surface area (Å²) < 4.78 is 4.92. The summed E-state index contributed by atoms with van der Waals surface area (Å²) in [6.45, 7) is 8.83. The van der Waals surface area contributed by atoms with E-state index < -0.39 is 23.6 Å². The molecule has 0 radical (unpaired) electrons. The minimum atomic E-state index is -0.711. The van der Waals surface area contributed by atoms with Crippen molar-refractivity contribution in [2.75, 3.05) is 0 Å². The van der Waals surface area contributed by atoms with Crippen LogP contribution in [0.5, 0.6) is 0 Å². The molecule has 1 unspecified atom stereocenters. The molecule has 0 aliphatic rings. The number of carbonyl (C=O) groups is 2. The van der Waals surface area contributed by atoms with Crippen molar-refractivity contribution < 1.29 is 14.3 Å². The SMILES string of the molecule is CC(C)C(N)C(=O)NNC(=O)OC(C)(C)C. The molecule has 94 valence electrons. The van der Waals surface area contributed by atoms with Gasteiger partial charge in [-0.3, -0.25) is 10.2 Å². The summed E-state index contributed by atoms with van der Waals surface area (Å²) in [4.78, 5) is 22.5. The first-order chi connectivity index (χ1) is 7.13. The van der Waals surface area contributed by atoms with Gasteiger partial charge in [0.15, 0.2) is 0 Å². The van der Waals surface area contributed by atoms with Crippen molar-refractivity contribution in [1.29, 1.82) is 0 Å². The highest BCUT2D eigenvalue weighted by Crippen LogP contribution is 2.05. The minimum Gasteiger partial charge on any atom is -0.443 e. The lowest BCUT2D eigenvalue weighted by atomic mass is 10.1. The molecule has 16 heavy (non-hydrogen) atoms. The summed E-state index contributed by atoms with van der Waals surface area (Å²) in [5.74, 6) is -0.443. The fourth-order valence-electron chi connectivity index (χ4n) is 0.802. The van der Waals surface area contributed by atoms with Crippen molar-refractivity contribution in [2.24, 2.45) is 11.7 Å². The summed E-state index contributed by atoms with van der Waals surface area (Å²) in [6.07, 6.45) is -0.711. The van der Waals surface area contributed by atoms with E-state index in [1.54, 1.807) is 20.8 Å². The van der Waals surface area contributed by atoms with Crippen molar-refractivity contribution in [3.8, 4) is 0 Å². The van der Waals surface area contributed by atoms with Crippen LogP contribution in [0.3, 0.4) is 0 Å². The largest absolute Gasteiger partial charge is 0.443 e. The summed E-state index contributed by atoms with van der Waals surface area (Å²) >= 11 is 0. The molecular weight excluding hydrogens is 210 g/mol. The fraction of sp³-hybridized carbons (Fsp3) is 0.800. The van der Waals surface area contributed by atoms with E-state index in [0.29, 0.717) is 0 Å². The highest BCUT2D eigenvalue weighted by atomic mass is 16.6. The second kappa shape index (κ2) is 5.69. The molecular formula is C10H21N3O3. The predicted molar refractivity (Wildman–Crippen MR) is 60.3 cm³/mol. The van der Waals surface area contributed by atoms with E-state index in [4.69, 9.17) is 10.5 Å². The average molecular weight is 231 g/mol. The Morgan fingerprint density at radius 2 is 1.69 bits per heavy atom. The molecule has 0 aromatic heterocycles. The molecule has 0 aromatic carbocycles. The van der Waals surface area contributed by atoms with E-state index in [1.807, 2.05) is 13.8 Å². The minimum absolute atomic E-state index is 0.000404. The van der Waals surface area contributed by atoms with Gasteiger partial charge in [0, 0.05) is 0 Å². The second-order valence-electron chi connectivity index (χ2n) is 4.89. The third-order valence-corrected chi connectivity index (χ3v) is 1.71. The smallest absolute Gasteiger partial charge is 0.426 e. The van der Waals surface area contributed by atoms with Gasteiger partial charge in [-0.2, -0.15) is 0 Å².